The molecule has 0 fully saturated rings. The van der Waals surface area contributed by atoms with Gasteiger partial charge < -0.3 is 0 Å². The van der Waals surface area contributed by atoms with Crippen molar-refractivity contribution in [3.05, 3.63) is 32.4 Å². The number of alkyl halides is 3. The summed E-state index contributed by atoms with van der Waals surface area (Å²) in [7, 11) is 0. The zero-order valence-corrected chi connectivity index (χ0v) is 11.8. The maximum absolute atomic E-state index is 13.0. The molecule has 0 N–H and O–H groups in total. The van der Waals surface area contributed by atoms with Crippen LogP contribution in [0.2, 0.25) is 0 Å². The van der Waals surface area contributed by atoms with Gasteiger partial charge >= 0.3 is 6.18 Å². The second-order valence-corrected chi connectivity index (χ2v) is 6.14. The minimum Gasteiger partial charge on any atom is -0.166 e. The quantitative estimate of drug-likeness (QED) is 0.588. The smallest absolute Gasteiger partial charge is 0.166 e. The van der Waals surface area contributed by atoms with Crippen LogP contribution in [0.25, 0.3) is 0 Å². The number of hydrogen-bond donors (Lipinski definition) is 0. The predicted octanol–water partition coefficient (Wildman–Crippen LogP) is 4.92. The summed E-state index contributed by atoms with van der Waals surface area (Å²) in [5.74, 6) is 0. The molecule has 0 saturated carbocycles. The molecule has 0 amide bonds. The highest BCUT2D eigenvalue weighted by Crippen LogP contribution is 2.40. The topological polar surface area (TPSA) is 0 Å². The van der Waals surface area contributed by atoms with Crippen molar-refractivity contribution in [3.63, 3.8) is 0 Å². The summed E-state index contributed by atoms with van der Waals surface area (Å²) in [5.41, 5.74) is -0.328. The predicted molar refractivity (Wildman–Crippen MR) is 67.6 cm³/mol. The first-order valence-electron chi connectivity index (χ1n) is 4.91. The fourth-order valence-electron chi connectivity index (χ4n) is 1.71. The average molecular weight is 342 g/mol. The molecule has 0 aliphatic carbocycles. The monoisotopic (exact) mass is 342 g/mol. The van der Waals surface area contributed by atoms with E-state index >= 15 is 0 Å². The number of halogens is 4. The van der Waals surface area contributed by atoms with E-state index in [-0.39, 0.29) is 0 Å². The number of benzene rings is 1. The highest BCUT2D eigenvalue weighted by molar-refractivity contribution is 14.1. The van der Waals surface area contributed by atoms with E-state index in [1.807, 2.05) is 22.6 Å². The van der Waals surface area contributed by atoms with Gasteiger partial charge in [-0.2, -0.15) is 13.2 Å². The molecule has 0 atom stereocenters. The zero-order valence-electron chi connectivity index (χ0n) is 9.67. The summed E-state index contributed by atoms with van der Waals surface area (Å²) >= 11 is 2.05. The van der Waals surface area contributed by atoms with Crippen molar-refractivity contribution in [2.45, 2.75) is 39.3 Å². The van der Waals surface area contributed by atoms with Crippen molar-refractivity contribution in [2.75, 3.05) is 0 Å². The van der Waals surface area contributed by atoms with Crippen molar-refractivity contribution in [1.82, 2.24) is 0 Å². The number of aryl methyl sites for hydroxylation is 1. The first-order valence-corrected chi connectivity index (χ1v) is 5.99. The summed E-state index contributed by atoms with van der Waals surface area (Å²) in [6, 6.07) is 3.19. The molecule has 0 unspecified atom stereocenters. The van der Waals surface area contributed by atoms with Crippen LogP contribution >= 0.6 is 22.6 Å². The van der Waals surface area contributed by atoms with Gasteiger partial charge in [0.05, 0.1) is 5.56 Å². The molecule has 0 aromatic heterocycles. The van der Waals surface area contributed by atoms with Crippen LogP contribution < -0.4 is 0 Å². The minimum atomic E-state index is -4.28. The number of rotatable bonds is 0. The van der Waals surface area contributed by atoms with Crippen LogP contribution in [-0.2, 0) is 11.6 Å². The van der Waals surface area contributed by atoms with Crippen LogP contribution in [0, 0.1) is 10.5 Å². The Morgan fingerprint density at radius 3 is 1.94 bits per heavy atom. The van der Waals surface area contributed by atoms with Gasteiger partial charge in [-0.25, -0.2) is 0 Å². The van der Waals surface area contributed by atoms with Crippen molar-refractivity contribution < 1.29 is 13.2 Å². The summed E-state index contributed by atoms with van der Waals surface area (Å²) in [4.78, 5) is 0. The molecule has 0 aliphatic rings. The van der Waals surface area contributed by atoms with Gasteiger partial charge in [-0.1, -0.05) is 20.8 Å². The fourth-order valence-corrected chi connectivity index (χ4v) is 2.49. The maximum Gasteiger partial charge on any atom is 0.416 e. The second-order valence-electron chi connectivity index (χ2n) is 4.89. The molecule has 0 aliphatic heterocycles. The van der Waals surface area contributed by atoms with E-state index in [4.69, 9.17) is 0 Å². The van der Waals surface area contributed by atoms with Crippen molar-refractivity contribution in [1.29, 1.82) is 0 Å². The van der Waals surface area contributed by atoms with E-state index in [0.29, 0.717) is 11.1 Å². The zero-order chi connectivity index (χ0) is 12.7. The van der Waals surface area contributed by atoms with E-state index in [1.54, 1.807) is 32.9 Å². The fraction of sp³-hybridized carbons (Fsp3) is 0.500. The molecule has 0 nitrogen and oxygen atoms in total. The van der Waals surface area contributed by atoms with E-state index in [9.17, 15) is 13.2 Å². The molecular formula is C12H14F3I. The normalized spacial score (nSPS) is 13.0. The number of hydrogen-bond acceptors (Lipinski definition) is 0. The molecular weight excluding hydrogens is 328 g/mol. The van der Waals surface area contributed by atoms with Gasteiger partial charge in [-0.15, -0.1) is 0 Å². The Labute approximate surface area is 107 Å². The summed E-state index contributed by atoms with van der Waals surface area (Å²) < 4.78 is 39.7. The highest BCUT2D eigenvalue weighted by atomic mass is 127. The minimum absolute atomic E-state index is 0.296. The molecule has 0 radical (unpaired) electrons. The molecule has 0 heterocycles. The van der Waals surface area contributed by atoms with Crippen LogP contribution in [0.3, 0.4) is 0 Å². The van der Waals surface area contributed by atoms with E-state index < -0.39 is 17.2 Å². The molecule has 0 spiro atoms. The Hall–Kier alpha value is -0.260. The lowest BCUT2D eigenvalue weighted by Gasteiger charge is -2.26. The lowest BCUT2D eigenvalue weighted by Crippen LogP contribution is -2.21. The lowest BCUT2D eigenvalue weighted by molar-refractivity contribution is -0.139. The Morgan fingerprint density at radius 2 is 1.56 bits per heavy atom. The molecule has 1 aromatic carbocycles. The van der Waals surface area contributed by atoms with Gasteiger partial charge in [-0.05, 0) is 58.2 Å². The SMILES string of the molecule is Cc1cc(I)cc(C(C)(C)C)c1C(F)(F)F. The maximum atomic E-state index is 13.0. The molecule has 90 valence electrons. The molecule has 0 saturated heterocycles. The molecule has 0 bridgehead atoms. The van der Waals surface area contributed by atoms with Crippen LogP contribution in [0.4, 0.5) is 13.2 Å². The summed E-state index contributed by atoms with van der Waals surface area (Å²) in [6.07, 6.45) is -4.28. The third-order valence-electron chi connectivity index (χ3n) is 2.39. The molecule has 4 heteroatoms. The second kappa shape index (κ2) is 4.20. The molecule has 16 heavy (non-hydrogen) atoms. The van der Waals surface area contributed by atoms with Crippen molar-refractivity contribution in [3.8, 4) is 0 Å². The first kappa shape index (κ1) is 13.8. The Kier molecular flexibility index (Phi) is 3.62. The van der Waals surface area contributed by atoms with E-state index in [2.05, 4.69) is 0 Å². The third-order valence-corrected chi connectivity index (χ3v) is 3.01. The third kappa shape index (κ3) is 2.90. The average Bonchev–Trinajstić information content (AvgIpc) is 1.97. The van der Waals surface area contributed by atoms with Crippen LogP contribution in [0.15, 0.2) is 12.1 Å². The standard InChI is InChI=1S/C12H14F3I/c1-7-5-8(16)6-9(11(2,3)4)10(7)12(13,14)15/h5-6H,1-4H3. The van der Waals surface area contributed by atoms with Crippen LogP contribution in [-0.4, -0.2) is 0 Å². The Morgan fingerprint density at radius 1 is 1.06 bits per heavy atom. The van der Waals surface area contributed by atoms with Crippen LogP contribution in [0.1, 0.15) is 37.5 Å². The summed E-state index contributed by atoms with van der Waals surface area (Å²) in [5, 5.41) is 0. The Bertz CT molecular complexity index is 400. The van der Waals surface area contributed by atoms with Gasteiger partial charge in [0.15, 0.2) is 0 Å². The van der Waals surface area contributed by atoms with Crippen molar-refractivity contribution in [2.24, 2.45) is 0 Å². The Balaban J connectivity index is 3.58. The van der Waals surface area contributed by atoms with Gasteiger partial charge in [0, 0.05) is 3.57 Å². The van der Waals surface area contributed by atoms with E-state index in [1.165, 1.54) is 6.92 Å². The summed E-state index contributed by atoms with van der Waals surface area (Å²) in [6.45, 7) is 6.91. The van der Waals surface area contributed by atoms with Gasteiger partial charge in [0.2, 0.25) is 0 Å². The van der Waals surface area contributed by atoms with Crippen molar-refractivity contribution >= 4 is 22.6 Å². The highest BCUT2D eigenvalue weighted by Gasteiger charge is 2.38. The first-order chi connectivity index (χ1) is 7.03. The van der Waals surface area contributed by atoms with Crippen LogP contribution in [0.5, 0.6) is 0 Å². The molecule has 1 rings (SSSR count). The van der Waals surface area contributed by atoms with Gasteiger partial charge in [0.25, 0.3) is 0 Å². The van der Waals surface area contributed by atoms with E-state index in [0.717, 1.165) is 3.57 Å². The van der Waals surface area contributed by atoms with Gasteiger partial charge in [0.1, 0.15) is 0 Å². The molecule has 1 aromatic rings. The largest absolute Gasteiger partial charge is 0.416 e. The lowest BCUT2D eigenvalue weighted by atomic mass is 9.82. The van der Waals surface area contributed by atoms with Gasteiger partial charge in [-0.3, -0.25) is 0 Å².